The molecule has 3 heterocycles. The van der Waals surface area contributed by atoms with Crippen molar-refractivity contribution in [1.29, 1.82) is 0 Å². The topological polar surface area (TPSA) is 21.1 Å². The van der Waals surface area contributed by atoms with Crippen molar-refractivity contribution in [2.45, 2.75) is 65.5 Å². The van der Waals surface area contributed by atoms with Crippen molar-refractivity contribution < 1.29 is 0 Å². The van der Waals surface area contributed by atoms with Gasteiger partial charge >= 0.3 is 0 Å². The molecule has 3 rings (SSSR count). The number of piperidine rings is 1. The zero-order valence-corrected chi connectivity index (χ0v) is 13.3. The summed E-state index contributed by atoms with van der Waals surface area (Å²) < 4.78 is 2.41. The van der Waals surface area contributed by atoms with Crippen LogP contribution >= 0.6 is 0 Å². The molecule has 0 saturated carbocycles. The van der Waals surface area contributed by atoms with Gasteiger partial charge in [-0.05, 0) is 57.9 Å². The van der Waals surface area contributed by atoms with Gasteiger partial charge in [-0.15, -0.1) is 0 Å². The number of rotatable bonds is 3. The molecule has 0 aliphatic carbocycles. The van der Waals surface area contributed by atoms with Crippen LogP contribution in [0.4, 0.5) is 0 Å². The highest BCUT2D eigenvalue weighted by Crippen LogP contribution is 2.24. The van der Waals surface area contributed by atoms with Crippen LogP contribution in [-0.4, -0.2) is 33.6 Å². The van der Waals surface area contributed by atoms with Crippen LogP contribution in [0.2, 0.25) is 0 Å². The van der Waals surface area contributed by atoms with Gasteiger partial charge in [-0.1, -0.05) is 6.92 Å². The predicted octanol–water partition coefficient (Wildman–Crippen LogP) is 3.13. The van der Waals surface area contributed by atoms with E-state index in [0.717, 1.165) is 11.8 Å². The van der Waals surface area contributed by atoms with E-state index in [-0.39, 0.29) is 0 Å². The normalized spacial score (nSPS) is 27.8. The van der Waals surface area contributed by atoms with Crippen LogP contribution in [0.25, 0.3) is 0 Å². The van der Waals surface area contributed by atoms with Crippen molar-refractivity contribution in [2.24, 2.45) is 11.8 Å². The lowest BCUT2D eigenvalue weighted by atomic mass is 9.93. The molecule has 1 aromatic heterocycles. The lowest BCUT2D eigenvalue weighted by Crippen LogP contribution is -2.40. The number of likely N-dealkylation sites (tertiary alicyclic amines) is 1. The van der Waals surface area contributed by atoms with Crippen LogP contribution in [0, 0.1) is 11.8 Å². The predicted molar refractivity (Wildman–Crippen MR) is 82.8 cm³/mol. The second kappa shape index (κ2) is 5.88. The summed E-state index contributed by atoms with van der Waals surface area (Å²) in [7, 11) is 0. The highest BCUT2D eigenvalue weighted by molar-refractivity contribution is 5.08. The Balaban J connectivity index is 1.63. The quantitative estimate of drug-likeness (QED) is 0.845. The molecule has 1 aromatic rings. The summed E-state index contributed by atoms with van der Waals surface area (Å²) in [5.74, 6) is 2.95. The van der Waals surface area contributed by atoms with E-state index >= 15 is 0 Å². The number of nitrogens with zero attached hydrogens (tertiary/aromatic N) is 3. The van der Waals surface area contributed by atoms with Crippen molar-refractivity contribution >= 4 is 0 Å². The molecule has 2 atom stereocenters. The van der Waals surface area contributed by atoms with Crippen molar-refractivity contribution in [3.63, 3.8) is 0 Å². The molecule has 2 aliphatic rings. The summed E-state index contributed by atoms with van der Waals surface area (Å²) in [6.45, 7) is 10.7. The molecule has 0 spiro atoms. The van der Waals surface area contributed by atoms with Crippen LogP contribution in [0.1, 0.15) is 51.6 Å². The Morgan fingerprint density at radius 1 is 1.30 bits per heavy atom. The summed E-state index contributed by atoms with van der Waals surface area (Å²) in [6, 6.07) is 0.689. The molecule has 0 N–H and O–H groups in total. The third-order valence-electron chi connectivity index (χ3n) is 5.06. The van der Waals surface area contributed by atoms with E-state index in [1.165, 1.54) is 63.3 Å². The molecular formula is C17H29N3. The SMILES string of the molecule is CC1CCc2nc(CC3CCCN(C(C)C)C3)cn2C1. The average Bonchev–Trinajstić information content (AvgIpc) is 2.80. The summed E-state index contributed by atoms with van der Waals surface area (Å²) in [5.41, 5.74) is 1.34. The van der Waals surface area contributed by atoms with Crippen LogP contribution < -0.4 is 0 Å². The number of imidazole rings is 1. The first-order valence-corrected chi connectivity index (χ1v) is 8.40. The van der Waals surface area contributed by atoms with Gasteiger partial charge in [0.1, 0.15) is 5.82 Å². The first-order valence-electron chi connectivity index (χ1n) is 8.40. The maximum absolute atomic E-state index is 4.89. The summed E-state index contributed by atoms with van der Waals surface area (Å²) in [5, 5.41) is 0. The highest BCUT2D eigenvalue weighted by Gasteiger charge is 2.24. The molecule has 112 valence electrons. The van der Waals surface area contributed by atoms with Gasteiger partial charge in [0.15, 0.2) is 0 Å². The van der Waals surface area contributed by atoms with Gasteiger partial charge in [0.2, 0.25) is 0 Å². The number of hydrogen-bond acceptors (Lipinski definition) is 2. The van der Waals surface area contributed by atoms with Crippen molar-refractivity contribution in [1.82, 2.24) is 14.5 Å². The minimum absolute atomic E-state index is 0.689. The van der Waals surface area contributed by atoms with Gasteiger partial charge < -0.3 is 9.47 Å². The Kier molecular flexibility index (Phi) is 4.16. The second-order valence-corrected chi connectivity index (χ2v) is 7.25. The van der Waals surface area contributed by atoms with Crippen molar-refractivity contribution in [3.05, 3.63) is 17.7 Å². The van der Waals surface area contributed by atoms with Gasteiger partial charge in [-0.2, -0.15) is 0 Å². The Hall–Kier alpha value is -0.830. The van der Waals surface area contributed by atoms with E-state index in [9.17, 15) is 0 Å². The molecule has 2 unspecified atom stereocenters. The fourth-order valence-electron chi connectivity index (χ4n) is 3.80. The molecular weight excluding hydrogens is 246 g/mol. The van der Waals surface area contributed by atoms with Crippen LogP contribution in [0.3, 0.4) is 0 Å². The van der Waals surface area contributed by atoms with E-state index in [0.29, 0.717) is 6.04 Å². The zero-order valence-electron chi connectivity index (χ0n) is 13.3. The standard InChI is InChI=1S/C17H29N3/c1-13(2)19-8-4-5-15(11-19)9-16-12-20-10-14(3)6-7-17(20)18-16/h12-15H,4-11H2,1-3H3. The van der Waals surface area contributed by atoms with Crippen LogP contribution in [-0.2, 0) is 19.4 Å². The van der Waals surface area contributed by atoms with E-state index in [1.807, 2.05) is 0 Å². The monoisotopic (exact) mass is 275 g/mol. The fourth-order valence-corrected chi connectivity index (χ4v) is 3.80. The molecule has 1 fully saturated rings. The molecule has 0 bridgehead atoms. The maximum Gasteiger partial charge on any atom is 0.108 e. The lowest BCUT2D eigenvalue weighted by Gasteiger charge is -2.35. The maximum atomic E-state index is 4.89. The number of aromatic nitrogens is 2. The van der Waals surface area contributed by atoms with Crippen molar-refractivity contribution in [3.8, 4) is 0 Å². The summed E-state index contributed by atoms with van der Waals surface area (Å²) in [4.78, 5) is 7.52. The van der Waals surface area contributed by atoms with Crippen LogP contribution in [0.15, 0.2) is 6.20 Å². The number of aryl methyl sites for hydroxylation is 1. The Morgan fingerprint density at radius 2 is 2.15 bits per heavy atom. The lowest BCUT2D eigenvalue weighted by molar-refractivity contribution is 0.139. The molecule has 3 heteroatoms. The van der Waals surface area contributed by atoms with E-state index in [2.05, 4.69) is 36.4 Å². The molecule has 1 saturated heterocycles. The van der Waals surface area contributed by atoms with Crippen LogP contribution in [0.5, 0.6) is 0 Å². The fraction of sp³-hybridized carbons (Fsp3) is 0.824. The van der Waals surface area contributed by atoms with Gasteiger partial charge in [0, 0.05) is 31.7 Å². The molecule has 20 heavy (non-hydrogen) atoms. The third-order valence-corrected chi connectivity index (χ3v) is 5.06. The minimum Gasteiger partial charge on any atom is -0.334 e. The first-order chi connectivity index (χ1) is 9.61. The smallest absolute Gasteiger partial charge is 0.108 e. The zero-order chi connectivity index (χ0) is 14.1. The summed E-state index contributed by atoms with van der Waals surface area (Å²) >= 11 is 0. The Labute approximate surface area is 123 Å². The molecule has 0 radical (unpaired) electrons. The molecule has 3 nitrogen and oxygen atoms in total. The minimum atomic E-state index is 0.689. The van der Waals surface area contributed by atoms with Gasteiger partial charge in [-0.3, -0.25) is 0 Å². The van der Waals surface area contributed by atoms with Crippen molar-refractivity contribution in [2.75, 3.05) is 13.1 Å². The Bertz CT molecular complexity index is 449. The van der Waals surface area contributed by atoms with E-state index in [1.54, 1.807) is 0 Å². The summed E-state index contributed by atoms with van der Waals surface area (Å²) in [6.07, 6.45) is 8.72. The Morgan fingerprint density at radius 3 is 2.95 bits per heavy atom. The van der Waals surface area contributed by atoms with E-state index < -0.39 is 0 Å². The average molecular weight is 275 g/mol. The highest BCUT2D eigenvalue weighted by atomic mass is 15.2. The first kappa shape index (κ1) is 14.1. The number of hydrogen-bond donors (Lipinski definition) is 0. The third kappa shape index (κ3) is 3.08. The van der Waals surface area contributed by atoms with Gasteiger partial charge in [-0.25, -0.2) is 4.98 Å². The van der Waals surface area contributed by atoms with Gasteiger partial charge in [0.25, 0.3) is 0 Å². The largest absolute Gasteiger partial charge is 0.334 e. The van der Waals surface area contributed by atoms with E-state index in [4.69, 9.17) is 4.98 Å². The molecule has 0 amide bonds. The molecule has 2 aliphatic heterocycles. The van der Waals surface area contributed by atoms with Gasteiger partial charge in [0.05, 0.1) is 5.69 Å². The second-order valence-electron chi connectivity index (χ2n) is 7.25. The molecule has 0 aromatic carbocycles. The number of fused-ring (bicyclic) bond motifs is 1.